The summed E-state index contributed by atoms with van der Waals surface area (Å²) in [6.07, 6.45) is 0. The van der Waals surface area contributed by atoms with Gasteiger partial charge in [0.1, 0.15) is 23.1 Å². The number of benzene rings is 2. The van der Waals surface area contributed by atoms with Gasteiger partial charge in [-0.25, -0.2) is 8.78 Å². The lowest BCUT2D eigenvalue weighted by atomic mass is 9.99. The van der Waals surface area contributed by atoms with E-state index in [0.717, 1.165) is 0 Å². The molecule has 0 aromatic heterocycles. The second kappa shape index (κ2) is 8.27. The van der Waals surface area contributed by atoms with Gasteiger partial charge in [-0.3, -0.25) is 14.5 Å². The van der Waals surface area contributed by atoms with Gasteiger partial charge in [-0.15, -0.1) is 11.6 Å². The van der Waals surface area contributed by atoms with Crippen LogP contribution in [0.5, 0.6) is 0 Å². The highest BCUT2D eigenvalue weighted by atomic mass is 35.5. The van der Waals surface area contributed by atoms with Crippen LogP contribution in [0.2, 0.25) is 0 Å². The van der Waals surface area contributed by atoms with Crippen LogP contribution in [0.3, 0.4) is 0 Å². The molecule has 1 N–H and O–H groups in total. The average Bonchev–Trinajstić information content (AvgIpc) is 2.62. The van der Waals surface area contributed by atoms with Gasteiger partial charge >= 0.3 is 0 Å². The summed E-state index contributed by atoms with van der Waals surface area (Å²) in [7, 11) is 0. The van der Waals surface area contributed by atoms with E-state index in [1.54, 1.807) is 26.0 Å². The van der Waals surface area contributed by atoms with Crippen molar-refractivity contribution in [1.82, 2.24) is 5.32 Å². The second-order valence-electron chi connectivity index (χ2n) is 6.21. The van der Waals surface area contributed by atoms with Crippen molar-refractivity contribution in [3.63, 3.8) is 0 Å². The van der Waals surface area contributed by atoms with Crippen molar-refractivity contribution in [2.75, 3.05) is 10.8 Å². The first-order valence-electron chi connectivity index (χ1n) is 7.93. The molecule has 4 nitrogen and oxygen atoms in total. The summed E-state index contributed by atoms with van der Waals surface area (Å²) in [5, 5.41) is 2.73. The predicted octanol–water partition coefficient (Wildman–Crippen LogP) is 3.63. The van der Waals surface area contributed by atoms with Crippen molar-refractivity contribution in [2.45, 2.75) is 25.9 Å². The van der Waals surface area contributed by atoms with Crippen molar-refractivity contribution < 1.29 is 18.4 Å². The lowest BCUT2D eigenvalue weighted by molar-refractivity contribution is -0.128. The molecule has 0 saturated carbocycles. The van der Waals surface area contributed by atoms with E-state index in [4.69, 9.17) is 11.6 Å². The van der Waals surface area contributed by atoms with Gasteiger partial charge in [0.25, 0.3) is 0 Å². The van der Waals surface area contributed by atoms with Crippen LogP contribution in [0.15, 0.2) is 48.5 Å². The molecule has 0 fully saturated rings. The van der Waals surface area contributed by atoms with Crippen LogP contribution in [0.1, 0.15) is 19.4 Å². The third-order valence-electron chi connectivity index (χ3n) is 3.93. The van der Waals surface area contributed by atoms with E-state index in [9.17, 15) is 18.4 Å². The fourth-order valence-electron chi connectivity index (χ4n) is 2.53. The van der Waals surface area contributed by atoms with Crippen LogP contribution < -0.4 is 10.2 Å². The normalized spacial score (nSPS) is 11.1. The molecule has 2 rings (SSSR count). The van der Waals surface area contributed by atoms with E-state index in [1.807, 2.05) is 0 Å². The molecule has 0 spiro atoms. The Morgan fingerprint density at radius 3 is 2.00 bits per heavy atom. The Morgan fingerprint density at radius 2 is 1.50 bits per heavy atom. The summed E-state index contributed by atoms with van der Waals surface area (Å²) in [4.78, 5) is 26.3. The zero-order valence-electron chi connectivity index (χ0n) is 14.4. The number of halogens is 3. The number of nitrogens with one attached hydrogen (secondary N) is 1. The first kappa shape index (κ1) is 19.8. The summed E-state index contributed by atoms with van der Waals surface area (Å²) in [5.41, 5.74) is -0.198. The standard InChI is InChI=1S/C19H19ClF2N2O2/c1-19(2,18(26)23-12-13-3-5-14(21)6-4-13)24(17(25)11-20)16-9-7-15(22)8-10-16/h3-10H,11-12H2,1-2H3,(H,23,26). The molecule has 0 aliphatic rings. The zero-order chi connectivity index (χ0) is 19.3. The number of hydrogen-bond donors (Lipinski definition) is 1. The van der Waals surface area contributed by atoms with Crippen molar-refractivity contribution >= 4 is 29.1 Å². The van der Waals surface area contributed by atoms with Crippen molar-refractivity contribution in [1.29, 1.82) is 0 Å². The van der Waals surface area contributed by atoms with E-state index in [1.165, 1.54) is 41.3 Å². The van der Waals surface area contributed by atoms with Gasteiger partial charge in [-0.05, 0) is 55.8 Å². The van der Waals surface area contributed by atoms with Gasteiger partial charge in [0, 0.05) is 12.2 Å². The monoisotopic (exact) mass is 380 g/mol. The third-order valence-corrected chi connectivity index (χ3v) is 4.16. The minimum atomic E-state index is -1.27. The SMILES string of the molecule is CC(C)(C(=O)NCc1ccc(F)cc1)N(C(=O)CCl)c1ccc(F)cc1. The summed E-state index contributed by atoms with van der Waals surface area (Å²) >= 11 is 5.69. The Bertz CT molecular complexity index is 777. The molecule has 138 valence electrons. The molecule has 2 aromatic rings. The second-order valence-corrected chi connectivity index (χ2v) is 6.47. The Kier molecular flexibility index (Phi) is 6.32. The minimum Gasteiger partial charge on any atom is -0.350 e. The van der Waals surface area contributed by atoms with Crippen molar-refractivity contribution in [3.05, 3.63) is 65.7 Å². The Hall–Kier alpha value is -2.47. The third kappa shape index (κ3) is 4.58. The number of hydrogen-bond acceptors (Lipinski definition) is 2. The van der Waals surface area contributed by atoms with E-state index < -0.39 is 23.2 Å². The van der Waals surface area contributed by atoms with Crippen LogP contribution in [0, 0.1) is 11.6 Å². The molecule has 0 radical (unpaired) electrons. The topological polar surface area (TPSA) is 49.4 Å². The number of anilines is 1. The van der Waals surface area contributed by atoms with Gasteiger partial charge in [0.15, 0.2) is 0 Å². The highest BCUT2D eigenvalue weighted by Crippen LogP contribution is 2.25. The molecule has 0 bridgehead atoms. The van der Waals surface area contributed by atoms with Crippen LogP contribution in [0.4, 0.5) is 14.5 Å². The first-order valence-corrected chi connectivity index (χ1v) is 8.46. The zero-order valence-corrected chi connectivity index (χ0v) is 15.2. The Morgan fingerprint density at radius 1 is 1.00 bits per heavy atom. The summed E-state index contributed by atoms with van der Waals surface area (Å²) < 4.78 is 26.1. The smallest absolute Gasteiger partial charge is 0.246 e. The maximum absolute atomic E-state index is 13.2. The number of carbonyl (C=O) groups excluding carboxylic acids is 2. The molecular weight excluding hydrogens is 362 g/mol. The molecule has 0 aliphatic carbocycles. The molecular formula is C19H19ClF2N2O2. The lowest BCUT2D eigenvalue weighted by Gasteiger charge is -2.37. The average molecular weight is 381 g/mol. The molecule has 2 aromatic carbocycles. The van der Waals surface area contributed by atoms with E-state index in [-0.39, 0.29) is 18.2 Å². The maximum Gasteiger partial charge on any atom is 0.246 e. The lowest BCUT2D eigenvalue weighted by Crippen LogP contribution is -2.57. The highest BCUT2D eigenvalue weighted by Gasteiger charge is 2.38. The molecule has 7 heteroatoms. The Labute approximate surface area is 155 Å². The molecule has 26 heavy (non-hydrogen) atoms. The fourth-order valence-corrected chi connectivity index (χ4v) is 2.65. The number of carbonyl (C=O) groups is 2. The fraction of sp³-hybridized carbons (Fsp3) is 0.263. The van der Waals surface area contributed by atoms with Crippen LogP contribution in [-0.2, 0) is 16.1 Å². The van der Waals surface area contributed by atoms with Gasteiger partial charge < -0.3 is 5.32 Å². The van der Waals surface area contributed by atoms with Crippen molar-refractivity contribution in [3.8, 4) is 0 Å². The van der Waals surface area contributed by atoms with Crippen LogP contribution in [-0.4, -0.2) is 23.2 Å². The molecule has 0 saturated heterocycles. The number of alkyl halides is 1. The summed E-state index contributed by atoms with van der Waals surface area (Å²) in [6.45, 7) is 3.32. The van der Waals surface area contributed by atoms with Gasteiger partial charge in [-0.2, -0.15) is 0 Å². The summed E-state index contributed by atoms with van der Waals surface area (Å²) in [6, 6.07) is 11.0. The number of amides is 2. The molecule has 0 atom stereocenters. The first-order chi connectivity index (χ1) is 12.3. The molecule has 0 aliphatic heterocycles. The van der Waals surface area contributed by atoms with E-state index >= 15 is 0 Å². The van der Waals surface area contributed by atoms with Crippen LogP contribution >= 0.6 is 11.6 Å². The minimum absolute atomic E-state index is 0.175. The van der Waals surface area contributed by atoms with Gasteiger partial charge in [0.2, 0.25) is 11.8 Å². The van der Waals surface area contributed by atoms with Crippen LogP contribution in [0.25, 0.3) is 0 Å². The molecule has 2 amide bonds. The van der Waals surface area contributed by atoms with Crippen molar-refractivity contribution in [2.24, 2.45) is 0 Å². The molecule has 0 heterocycles. The predicted molar refractivity (Wildman–Crippen MR) is 96.9 cm³/mol. The molecule has 0 unspecified atom stereocenters. The maximum atomic E-state index is 13.2. The highest BCUT2D eigenvalue weighted by molar-refractivity contribution is 6.30. The van der Waals surface area contributed by atoms with Gasteiger partial charge in [0.05, 0.1) is 0 Å². The largest absolute Gasteiger partial charge is 0.350 e. The summed E-state index contributed by atoms with van der Waals surface area (Å²) in [5.74, 6) is -2.06. The number of nitrogens with zero attached hydrogens (tertiary/aromatic N) is 1. The van der Waals surface area contributed by atoms with E-state index in [0.29, 0.717) is 11.3 Å². The Balaban J connectivity index is 2.21. The van der Waals surface area contributed by atoms with E-state index in [2.05, 4.69) is 5.32 Å². The number of rotatable bonds is 6. The van der Waals surface area contributed by atoms with Gasteiger partial charge in [-0.1, -0.05) is 12.1 Å². The quantitative estimate of drug-likeness (QED) is 0.778.